The van der Waals surface area contributed by atoms with E-state index in [9.17, 15) is 4.79 Å². The number of carbonyl (C=O) groups is 1. The van der Waals surface area contributed by atoms with Crippen molar-refractivity contribution in [3.63, 3.8) is 0 Å². The van der Waals surface area contributed by atoms with Crippen LogP contribution in [0.1, 0.15) is 13.2 Å². The molecule has 0 aliphatic rings. The maximum atomic E-state index is 10.2. The molecule has 0 amide bonds. The molecule has 3 nitrogen and oxygen atoms in total. The molecular weight excluding hydrogens is 178 g/mol. The first-order valence-corrected chi connectivity index (χ1v) is 2.72. The Morgan fingerprint density at radius 2 is 1.92 bits per heavy atom. The van der Waals surface area contributed by atoms with Crippen LogP contribution >= 0.6 is 0 Å². The van der Waals surface area contributed by atoms with Gasteiger partial charge in [-0.1, -0.05) is 6.07 Å². The molecule has 1 rings (SSSR count). The summed E-state index contributed by atoms with van der Waals surface area (Å²) in [7, 11) is 0. The van der Waals surface area contributed by atoms with Crippen LogP contribution < -0.4 is 59.1 Å². The standard InChI is InChI=1S/C7H6O3.2Na.2H/c8-6-3-1-2-5(4-6)7(9)10;;;;/h1-4,8H,(H,9,10);;;;/q;2*+1;2*-1. The number of aromatic hydroxyl groups is 1. The number of aromatic carboxylic acids is 1. The number of phenols is 1. The normalized spacial score (nSPS) is 7.67. The Labute approximate surface area is 117 Å². The van der Waals surface area contributed by atoms with E-state index in [0.717, 1.165) is 0 Å². The molecule has 0 fully saturated rings. The zero-order valence-corrected chi connectivity index (χ0v) is 11.1. The first kappa shape index (κ1) is 15.0. The number of carboxylic acids is 1. The van der Waals surface area contributed by atoms with E-state index < -0.39 is 5.97 Å². The van der Waals surface area contributed by atoms with Crippen molar-refractivity contribution in [2.75, 3.05) is 0 Å². The van der Waals surface area contributed by atoms with Crippen LogP contribution in [0, 0.1) is 0 Å². The Balaban J connectivity index is -0.000000125. The molecule has 2 N–H and O–H groups in total. The van der Waals surface area contributed by atoms with E-state index in [-0.39, 0.29) is 73.3 Å². The molecule has 0 unspecified atom stereocenters. The molecule has 0 atom stereocenters. The van der Waals surface area contributed by atoms with Gasteiger partial charge in [-0.25, -0.2) is 4.79 Å². The number of carboxylic acid groups (broad SMARTS) is 1. The molecule has 56 valence electrons. The van der Waals surface area contributed by atoms with Crippen LogP contribution in [0.25, 0.3) is 0 Å². The Bertz CT molecular complexity index is 271. The summed E-state index contributed by atoms with van der Waals surface area (Å²) in [4.78, 5) is 10.2. The Hall–Kier alpha value is 0.490. The number of hydrogen-bond acceptors (Lipinski definition) is 2. The van der Waals surface area contributed by atoms with Crippen molar-refractivity contribution < 1.29 is 77.0 Å². The molecule has 5 heteroatoms. The summed E-state index contributed by atoms with van der Waals surface area (Å²) in [6.07, 6.45) is 0. The van der Waals surface area contributed by atoms with Gasteiger partial charge in [-0.05, 0) is 18.2 Å². The molecule has 0 aromatic heterocycles. The van der Waals surface area contributed by atoms with Crippen LogP contribution in [0.2, 0.25) is 0 Å². The topological polar surface area (TPSA) is 57.5 Å². The second-order valence-electron chi connectivity index (χ2n) is 1.86. The molecule has 1 aromatic rings. The van der Waals surface area contributed by atoms with Gasteiger partial charge in [0.15, 0.2) is 0 Å². The molecule has 0 bridgehead atoms. The van der Waals surface area contributed by atoms with Gasteiger partial charge >= 0.3 is 65.1 Å². The summed E-state index contributed by atoms with van der Waals surface area (Å²) >= 11 is 0. The predicted molar refractivity (Wildman–Crippen MR) is 37.3 cm³/mol. The zero-order valence-electron chi connectivity index (χ0n) is 9.11. The second kappa shape index (κ2) is 6.95. The van der Waals surface area contributed by atoms with Gasteiger partial charge < -0.3 is 13.1 Å². The van der Waals surface area contributed by atoms with Gasteiger partial charge in [-0.15, -0.1) is 0 Å². The van der Waals surface area contributed by atoms with Crippen LogP contribution in [0.5, 0.6) is 5.75 Å². The van der Waals surface area contributed by atoms with Crippen molar-refractivity contribution >= 4 is 5.97 Å². The molecular formula is C7H8Na2O3. The maximum Gasteiger partial charge on any atom is 1.00 e. The van der Waals surface area contributed by atoms with Gasteiger partial charge in [0.1, 0.15) is 5.75 Å². The SMILES string of the molecule is O=C(O)c1cccc(O)c1.[H-].[H-].[Na+].[Na+]. The Kier molecular flexibility index (Phi) is 8.68. The molecule has 0 heterocycles. The van der Waals surface area contributed by atoms with E-state index >= 15 is 0 Å². The number of phenolic OH excluding ortho intramolecular Hbond substituents is 1. The van der Waals surface area contributed by atoms with Crippen molar-refractivity contribution in [1.82, 2.24) is 0 Å². The second-order valence-corrected chi connectivity index (χ2v) is 1.86. The average Bonchev–Trinajstić information content (AvgIpc) is 1.88. The molecule has 0 spiro atoms. The van der Waals surface area contributed by atoms with E-state index in [1.54, 1.807) is 0 Å². The summed E-state index contributed by atoms with van der Waals surface area (Å²) < 4.78 is 0. The third-order valence-corrected chi connectivity index (χ3v) is 1.09. The third-order valence-electron chi connectivity index (χ3n) is 1.09. The fraction of sp³-hybridized carbons (Fsp3) is 0. The van der Waals surface area contributed by atoms with E-state index in [0.29, 0.717) is 0 Å². The van der Waals surface area contributed by atoms with Gasteiger partial charge in [0.2, 0.25) is 0 Å². The smallest absolute Gasteiger partial charge is 1.00 e. The summed E-state index contributed by atoms with van der Waals surface area (Å²) in [6.45, 7) is 0. The van der Waals surface area contributed by atoms with Crippen molar-refractivity contribution in [2.45, 2.75) is 0 Å². The van der Waals surface area contributed by atoms with Crippen LogP contribution in [-0.4, -0.2) is 16.2 Å². The monoisotopic (exact) mass is 186 g/mol. The molecule has 12 heavy (non-hydrogen) atoms. The zero-order chi connectivity index (χ0) is 7.56. The van der Waals surface area contributed by atoms with Crippen LogP contribution in [-0.2, 0) is 0 Å². The van der Waals surface area contributed by atoms with E-state index in [4.69, 9.17) is 10.2 Å². The fourth-order valence-electron chi connectivity index (χ4n) is 0.639. The first-order valence-electron chi connectivity index (χ1n) is 2.72. The van der Waals surface area contributed by atoms with Crippen LogP contribution in [0.4, 0.5) is 0 Å². The molecule has 0 aliphatic heterocycles. The van der Waals surface area contributed by atoms with Crippen molar-refractivity contribution in [1.29, 1.82) is 0 Å². The van der Waals surface area contributed by atoms with Crippen LogP contribution in [0.15, 0.2) is 24.3 Å². The Morgan fingerprint density at radius 1 is 1.33 bits per heavy atom. The number of hydrogen-bond donors (Lipinski definition) is 2. The maximum absolute atomic E-state index is 10.2. The van der Waals surface area contributed by atoms with Crippen LogP contribution in [0.3, 0.4) is 0 Å². The summed E-state index contributed by atoms with van der Waals surface area (Å²) in [6, 6.07) is 5.52. The molecule has 0 radical (unpaired) electrons. The fourth-order valence-corrected chi connectivity index (χ4v) is 0.639. The summed E-state index contributed by atoms with van der Waals surface area (Å²) in [5.41, 5.74) is 0.0972. The minimum absolute atomic E-state index is 0. The van der Waals surface area contributed by atoms with Gasteiger partial charge in [0, 0.05) is 0 Å². The van der Waals surface area contributed by atoms with E-state index in [2.05, 4.69) is 0 Å². The van der Waals surface area contributed by atoms with Gasteiger partial charge in [-0.2, -0.15) is 0 Å². The molecule has 0 saturated carbocycles. The van der Waals surface area contributed by atoms with Gasteiger partial charge in [0.25, 0.3) is 0 Å². The quantitative estimate of drug-likeness (QED) is 0.433. The Morgan fingerprint density at radius 3 is 2.25 bits per heavy atom. The molecule has 1 aromatic carbocycles. The first-order chi connectivity index (χ1) is 4.70. The number of benzene rings is 1. The van der Waals surface area contributed by atoms with Crippen molar-refractivity contribution in [3.05, 3.63) is 29.8 Å². The summed E-state index contributed by atoms with van der Waals surface area (Å²) in [5.74, 6) is -1.06. The molecule has 0 saturated heterocycles. The van der Waals surface area contributed by atoms with Gasteiger partial charge in [0.05, 0.1) is 5.56 Å². The summed E-state index contributed by atoms with van der Waals surface area (Å²) in [5, 5.41) is 17.2. The van der Waals surface area contributed by atoms with Gasteiger partial charge in [-0.3, -0.25) is 0 Å². The van der Waals surface area contributed by atoms with E-state index in [1.165, 1.54) is 24.3 Å². The third kappa shape index (κ3) is 4.50. The molecule has 0 aliphatic carbocycles. The predicted octanol–water partition coefficient (Wildman–Crippen LogP) is -4.68. The van der Waals surface area contributed by atoms with Crippen molar-refractivity contribution in [3.8, 4) is 5.75 Å². The van der Waals surface area contributed by atoms with E-state index in [1.807, 2.05) is 0 Å². The minimum atomic E-state index is -1.03. The largest absolute Gasteiger partial charge is 1.00 e. The number of rotatable bonds is 1. The van der Waals surface area contributed by atoms with Crippen molar-refractivity contribution in [2.24, 2.45) is 0 Å². The average molecular weight is 186 g/mol. The minimum Gasteiger partial charge on any atom is -1.00 e.